The van der Waals surface area contributed by atoms with Crippen LogP contribution in [0.4, 0.5) is 0 Å². The number of amides is 2. The summed E-state index contributed by atoms with van der Waals surface area (Å²) in [5.41, 5.74) is 2.09. The molecular weight excluding hydrogens is 276 g/mol. The molecule has 2 aromatic carbocycles. The summed E-state index contributed by atoms with van der Waals surface area (Å²) in [5.74, 6) is -1.21. The van der Waals surface area contributed by atoms with E-state index in [0.29, 0.717) is 13.0 Å². The van der Waals surface area contributed by atoms with Crippen LogP contribution in [0, 0.1) is 0 Å². The van der Waals surface area contributed by atoms with Crippen LogP contribution in [0.15, 0.2) is 60.7 Å². The lowest BCUT2D eigenvalue weighted by Gasteiger charge is -2.14. The second-order valence-electron chi connectivity index (χ2n) is 5.10. The fourth-order valence-corrected chi connectivity index (χ4v) is 2.13. The summed E-state index contributed by atoms with van der Waals surface area (Å²) in [5, 5.41) is 5.33. The van der Waals surface area contributed by atoms with Gasteiger partial charge in [0, 0.05) is 6.54 Å². The third-order valence-corrected chi connectivity index (χ3v) is 3.40. The first-order chi connectivity index (χ1) is 10.7. The Hall–Kier alpha value is -2.62. The zero-order valence-electron chi connectivity index (χ0n) is 12.6. The number of benzene rings is 2. The molecule has 0 aromatic heterocycles. The molecule has 2 aromatic rings. The van der Waals surface area contributed by atoms with E-state index in [0.717, 1.165) is 11.1 Å². The van der Waals surface area contributed by atoms with Gasteiger partial charge in [-0.2, -0.15) is 0 Å². The van der Waals surface area contributed by atoms with Crippen molar-refractivity contribution < 1.29 is 9.59 Å². The number of nitrogens with one attached hydrogen (secondary N) is 2. The molecule has 0 aliphatic rings. The van der Waals surface area contributed by atoms with E-state index >= 15 is 0 Å². The molecule has 2 rings (SSSR count). The zero-order valence-corrected chi connectivity index (χ0v) is 12.6. The van der Waals surface area contributed by atoms with E-state index in [1.165, 1.54) is 0 Å². The first kappa shape index (κ1) is 15.8. The lowest BCUT2D eigenvalue weighted by molar-refractivity contribution is -0.139. The lowest BCUT2D eigenvalue weighted by atomic mass is 10.1. The molecule has 4 heteroatoms. The van der Waals surface area contributed by atoms with Crippen molar-refractivity contribution in [2.24, 2.45) is 0 Å². The summed E-state index contributed by atoms with van der Waals surface area (Å²) >= 11 is 0. The molecule has 0 radical (unpaired) electrons. The van der Waals surface area contributed by atoms with Crippen molar-refractivity contribution in [3.8, 4) is 0 Å². The highest BCUT2D eigenvalue weighted by Crippen LogP contribution is 2.10. The number of carbonyl (C=O) groups is 2. The fraction of sp³-hybridized carbons (Fsp3) is 0.222. The van der Waals surface area contributed by atoms with Crippen molar-refractivity contribution in [3.63, 3.8) is 0 Å². The predicted molar refractivity (Wildman–Crippen MR) is 86.2 cm³/mol. The number of hydrogen-bond acceptors (Lipinski definition) is 2. The van der Waals surface area contributed by atoms with Gasteiger partial charge in [0.1, 0.15) is 0 Å². The molecule has 0 spiro atoms. The minimum Gasteiger partial charge on any atom is -0.348 e. The van der Waals surface area contributed by atoms with Crippen molar-refractivity contribution in [1.82, 2.24) is 10.6 Å². The predicted octanol–water partition coefficient (Wildman–Crippen LogP) is 2.22. The van der Waals surface area contributed by atoms with E-state index in [-0.39, 0.29) is 6.04 Å². The van der Waals surface area contributed by atoms with Gasteiger partial charge in [-0.1, -0.05) is 60.7 Å². The highest BCUT2D eigenvalue weighted by atomic mass is 16.2. The van der Waals surface area contributed by atoms with Gasteiger partial charge in [-0.3, -0.25) is 9.59 Å². The van der Waals surface area contributed by atoms with Crippen LogP contribution < -0.4 is 10.6 Å². The van der Waals surface area contributed by atoms with Gasteiger partial charge in [-0.15, -0.1) is 0 Å². The van der Waals surface area contributed by atoms with E-state index < -0.39 is 11.8 Å². The maximum absolute atomic E-state index is 11.8. The van der Waals surface area contributed by atoms with Crippen molar-refractivity contribution >= 4 is 11.8 Å². The molecule has 2 N–H and O–H groups in total. The molecule has 0 heterocycles. The minimum absolute atomic E-state index is 0.200. The third-order valence-electron chi connectivity index (χ3n) is 3.40. The molecule has 0 saturated heterocycles. The monoisotopic (exact) mass is 296 g/mol. The van der Waals surface area contributed by atoms with Crippen LogP contribution in [0.3, 0.4) is 0 Å². The van der Waals surface area contributed by atoms with Crippen LogP contribution in [0.1, 0.15) is 24.1 Å². The standard InChI is InChI=1S/C18H20N2O2/c1-14(16-10-6-3-7-11-16)20-18(22)17(21)19-13-12-15-8-4-2-5-9-15/h2-11,14H,12-13H2,1H3,(H,19,21)(H,20,22). The van der Waals surface area contributed by atoms with E-state index in [9.17, 15) is 9.59 Å². The van der Waals surface area contributed by atoms with Gasteiger partial charge >= 0.3 is 11.8 Å². The molecule has 0 fully saturated rings. The smallest absolute Gasteiger partial charge is 0.309 e. The fourth-order valence-electron chi connectivity index (χ4n) is 2.13. The van der Waals surface area contributed by atoms with E-state index in [1.54, 1.807) is 0 Å². The Morgan fingerprint density at radius 1 is 0.909 bits per heavy atom. The minimum atomic E-state index is -0.607. The lowest BCUT2D eigenvalue weighted by Crippen LogP contribution is -2.41. The first-order valence-electron chi connectivity index (χ1n) is 7.34. The molecule has 0 bridgehead atoms. The maximum atomic E-state index is 11.8. The van der Waals surface area contributed by atoms with Gasteiger partial charge in [0.05, 0.1) is 6.04 Å². The van der Waals surface area contributed by atoms with Crippen molar-refractivity contribution in [2.75, 3.05) is 6.54 Å². The normalized spacial score (nSPS) is 11.5. The number of rotatable bonds is 5. The van der Waals surface area contributed by atoms with Crippen LogP contribution in [0.5, 0.6) is 0 Å². The Kier molecular flexibility index (Phi) is 5.72. The van der Waals surface area contributed by atoms with Gasteiger partial charge in [-0.25, -0.2) is 0 Å². The molecule has 0 saturated carbocycles. The van der Waals surface area contributed by atoms with Crippen LogP contribution in [0.2, 0.25) is 0 Å². The quantitative estimate of drug-likeness (QED) is 0.831. The second-order valence-corrected chi connectivity index (χ2v) is 5.10. The van der Waals surface area contributed by atoms with Crippen molar-refractivity contribution in [2.45, 2.75) is 19.4 Å². The van der Waals surface area contributed by atoms with Gasteiger partial charge < -0.3 is 10.6 Å². The molecule has 1 unspecified atom stereocenters. The zero-order chi connectivity index (χ0) is 15.8. The molecule has 114 valence electrons. The number of hydrogen-bond donors (Lipinski definition) is 2. The van der Waals surface area contributed by atoms with Gasteiger partial charge in [0.25, 0.3) is 0 Å². The Morgan fingerprint density at radius 2 is 1.50 bits per heavy atom. The topological polar surface area (TPSA) is 58.2 Å². The maximum Gasteiger partial charge on any atom is 0.309 e. The van der Waals surface area contributed by atoms with Crippen molar-refractivity contribution in [1.29, 1.82) is 0 Å². The van der Waals surface area contributed by atoms with Crippen LogP contribution >= 0.6 is 0 Å². The first-order valence-corrected chi connectivity index (χ1v) is 7.34. The second kappa shape index (κ2) is 7.98. The van der Waals surface area contributed by atoms with Crippen LogP contribution in [0.25, 0.3) is 0 Å². The Labute approximate surface area is 130 Å². The summed E-state index contributed by atoms with van der Waals surface area (Å²) in [6, 6.07) is 19.2. The molecule has 2 amide bonds. The largest absolute Gasteiger partial charge is 0.348 e. The van der Waals surface area contributed by atoms with Crippen molar-refractivity contribution in [3.05, 3.63) is 71.8 Å². The average Bonchev–Trinajstić information content (AvgIpc) is 2.56. The van der Waals surface area contributed by atoms with Crippen LogP contribution in [-0.4, -0.2) is 18.4 Å². The highest BCUT2D eigenvalue weighted by Gasteiger charge is 2.16. The van der Waals surface area contributed by atoms with Crippen LogP contribution in [-0.2, 0) is 16.0 Å². The highest BCUT2D eigenvalue weighted by molar-refractivity contribution is 6.35. The third kappa shape index (κ3) is 4.74. The van der Waals surface area contributed by atoms with E-state index in [1.807, 2.05) is 67.6 Å². The van der Waals surface area contributed by atoms with E-state index in [2.05, 4.69) is 10.6 Å². The molecule has 4 nitrogen and oxygen atoms in total. The molecule has 0 aliphatic heterocycles. The molecule has 0 aliphatic carbocycles. The molecule has 1 atom stereocenters. The number of carbonyl (C=O) groups excluding carboxylic acids is 2. The Bertz CT molecular complexity index is 611. The summed E-state index contributed by atoms with van der Waals surface area (Å²) in [6.45, 7) is 2.29. The summed E-state index contributed by atoms with van der Waals surface area (Å²) in [4.78, 5) is 23.6. The molecular formula is C18H20N2O2. The Balaban J connectivity index is 1.76. The van der Waals surface area contributed by atoms with Gasteiger partial charge in [0.2, 0.25) is 0 Å². The van der Waals surface area contributed by atoms with E-state index in [4.69, 9.17) is 0 Å². The van der Waals surface area contributed by atoms with Gasteiger partial charge in [0.15, 0.2) is 0 Å². The summed E-state index contributed by atoms with van der Waals surface area (Å²) in [7, 11) is 0. The van der Waals surface area contributed by atoms with Gasteiger partial charge in [-0.05, 0) is 24.5 Å². The average molecular weight is 296 g/mol. The Morgan fingerprint density at radius 3 is 2.14 bits per heavy atom. The molecule has 22 heavy (non-hydrogen) atoms. The summed E-state index contributed by atoms with van der Waals surface area (Å²) < 4.78 is 0. The SMILES string of the molecule is CC(NC(=O)C(=O)NCCc1ccccc1)c1ccccc1. The summed E-state index contributed by atoms with van der Waals surface area (Å²) in [6.07, 6.45) is 0.702.